The minimum atomic E-state index is -0.774. The van der Waals surface area contributed by atoms with Crippen LogP contribution in [-0.2, 0) is 0 Å². The average molecular weight is 408 g/mol. The summed E-state index contributed by atoms with van der Waals surface area (Å²) in [7, 11) is 1.51. The molecule has 2 atom stereocenters. The van der Waals surface area contributed by atoms with Gasteiger partial charge in [0.15, 0.2) is 0 Å². The van der Waals surface area contributed by atoms with Crippen LogP contribution in [0, 0.1) is 10.1 Å². The van der Waals surface area contributed by atoms with Crippen LogP contribution in [0.1, 0.15) is 57.1 Å². The molecule has 6 nitrogen and oxygen atoms in total. The highest BCUT2D eigenvalue weighted by atomic mass is 16.6. The fourth-order valence-corrected chi connectivity index (χ4v) is 4.88. The van der Waals surface area contributed by atoms with Crippen molar-refractivity contribution in [1.82, 2.24) is 0 Å². The van der Waals surface area contributed by atoms with E-state index >= 15 is 0 Å². The van der Waals surface area contributed by atoms with Crippen molar-refractivity contribution in [2.24, 2.45) is 0 Å². The van der Waals surface area contributed by atoms with Gasteiger partial charge in [0.2, 0.25) is 11.5 Å². The number of unbranched alkanes of at least 4 members (excludes halogenated alkanes) is 2. The molecule has 0 fully saturated rings. The van der Waals surface area contributed by atoms with Crippen molar-refractivity contribution in [1.29, 1.82) is 0 Å². The zero-order chi connectivity index (χ0) is 21.5. The van der Waals surface area contributed by atoms with Crippen molar-refractivity contribution < 1.29 is 14.4 Å². The first-order chi connectivity index (χ1) is 14.4. The largest absolute Gasteiger partial charge is 0.496 e. The molecule has 2 heterocycles. The number of fused-ring (bicyclic) bond motifs is 2. The second kappa shape index (κ2) is 7.67. The number of nitro groups is 1. The first-order valence-electron chi connectivity index (χ1n) is 10.5. The Balaban J connectivity index is 1.88. The van der Waals surface area contributed by atoms with Crippen molar-refractivity contribution in [3.05, 3.63) is 63.2 Å². The number of ether oxygens (including phenoxy) is 2. The van der Waals surface area contributed by atoms with Gasteiger partial charge in [-0.1, -0.05) is 44.9 Å². The average Bonchev–Trinajstić information content (AvgIpc) is 2.97. The second-order valence-electron chi connectivity index (χ2n) is 8.09. The SMILES string of the molecule is CCCCCN1c2ccccc2C(C)C12Oc1c(cc(OC)cc1[N+](=O)[O-])C=C2C. The molecule has 30 heavy (non-hydrogen) atoms. The van der Waals surface area contributed by atoms with E-state index in [1.165, 1.54) is 18.7 Å². The van der Waals surface area contributed by atoms with E-state index in [1.807, 2.05) is 18.2 Å². The van der Waals surface area contributed by atoms with Crippen molar-refractivity contribution in [2.75, 3.05) is 18.6 Å². The zero-order valence-corrected chi connectivity index (χ0v) is 18.0. The number of benzene rings is 2. The zero-order valence-electron chi connectivity index (χ0n) is 18.0. The lowest BCUT2D eigenvalue weighted by atomic mass is 9.85. The number of rotatable bonds is 6. The Morgan fingerprint density at radius 2 is 2.03 bits per heavy atom. The molecular weight excluding hydrogens is 380 g/mol. The van der Waals surface area contributed by atoms with Crippen LogP contribution in [0.2, 0.25) is 0 Å². The first kappa shape index (κ1) is 20.3. The minimum absolute atomic E-state index is 0.0291. The Labute approximate surface area is 177 Å². The van der Waals surface area contributed by atoms with Crippen molar-refractivity contribution in [3.63, 3.8) is 0 Å². The lowest BCUT2D eigenvalue weighted by Gasteiger charge is -2.45. The maximum absolute atomic E-state index is 11.9. The summed E-state index contributed by atoms with van der Waals surface area (Å²) in [6.45, 7) is 7.23. The van der Waals surface area contributed by atoms with Gasteiger partial charge >= 0.3 is 5.69 Å². The Kier molecular flexibility index (Phi) is 5.18. The van der Waals surface area contributed by atoms with E-state index in [4.69, 9.17) is 9.47 Å². The molecule has 1 spiro atoms. The highest BCUT2D eigenvalue weighted by Gasteiger charge is 2.55. The van der Waals surface area contributed by atoms with Crippen LogP contribution in [0.4, 0.5) is 11.4 Å². The fourth-order valence-electron chi connectivity index (χ4n) is 4.88. The number of anilines is 1. The third-order valence-corrected chi connectivity index (χ3v) is 6.37. The van der Waals surface area contributed by atoms with E-state index in [0.717, 1.165) is 37.1 Å². The molecule has 158 valence electrons. The van der Waals surface area contributed by atoms with Gasteiger partial charge in [-0.05, 0) is 42.7 Å². The number of nitrogens with zero attached hydrogens (tertiary/aromatic N) is 2. The molecule has 0 radical (unpaired) electrons. The topological polar surface area (TPSA) is 64.8 Å². The van der Waals surface area contributed by atoms with Gasteiger partial charge in [0.05, 0.1) is 18.1 Å². The molecule has 0 N–H and O–H groups in total. The monoisotopic (exact) mass is 408 g/mol. The molecule has 2 unspecified atom stereocenters. The first-order valence-corrected chi connectivity index (χ1v) is 10.5. The fraction of sp³-hybridized carbons (Fsp3) is 0.417. The quantitative estimate of drug-likeness (QED) is 0.338. The predicted octanol–water partition coefficient (Wildman–Crippen LogP) is 5.91. The molecular formula is C24H28N2O4. The summed E-state index contributed by atoms with van der Waals surface area (Å²) in [4.78, 5) is 13.8. The molecule has 0 aliphatic carbocycles. The molecule has 6 heteroatoms. The standard InChI is InChI=1S/C24H28N2O4/c1-5-6-9-12-25-21-11-8-7-10-20(21)17(3)24(25)16(2)13-18-14-19(29-4)15-22(26(27)28)23(18)30-24/h7-8,10-11,13-15,17H,5-6,9,12H2,1-4H3. The molecule has 2 aliphatic rings. The lowest BCUT2D eigenvalue weighted by Crippen LogP contribution is -2.55. The molecule has 2 aliphatic heterocycles. The second-order valence-corrected chi connectivity index (χ2v) is 8.09. The highest BCUT2D eigenvalue weighted by Crippen LogP contribution is 2.56. The van der Waals surface area contributed by atoms with Crippen LogP contribution in [0.5, 0.6) is 11.5 Å². The summed E-state index contributed by atoms with van der Waals surface area (Å²) in [5.41, 5.74) is 3.24. The minimum Gasteiger partial charge on any atom is -0.496 e. The van der Waals surface area contributed by atoms with Crippen LogP contribution in [0.15, 0.2) is 42.0 Å². The molecule has 4 rings (SSSR count). The van der Waals surface area contributed by atoms with E-state index in [2.05, 4.69) is 37.8 Å². The normalized spacial score (nSPS) is 21.7. The van der Waals surface area contributed by atoms with Gasteiger partial charge in [0.1, 0.15) is 5.75 Å². The summed E-state index contributed by atoms with van der Waals surface area (Å²) in [5, 5.41) is 11.9. The van der Waals surface area contributed by atoms with Gasteiger partial charge in [0.25, 0.3) is 0 Å². The van der Waals surface area contributed by atoms with Crippen LogP contribution in [0.3, 0.4) is 0 Å². The summed E-state index contributed by atoms with van der Waals surface area (Å²) >= 11 is 0. The smallest absolute Gasteiger partial charge is 0.315 e. The third-order valence-electron chi connectivity index (χ3n) is 6.37. The van der Waals surface area contributed by atoms with Crippen LogP contribution < -0.4 is 14.4 Å². The van der Waals surface area contributed by atoms with Crippen molar-refractivity contribution in [3.8, 4) is 11.5 Å². The van der Waals surface area contributed by atoms with Crippen LogP contribution in [0.25, 0.3) is 6.08 Å². The molecule has 0 aromatic heterocycles. The van der Waals surface area contributed by atoms with Gasteiger partial charge in [-0.2, -0.15) is 0 Å². The number of nitro benzene ring substituents is 1. The molecule has 2 aromatic carbocycles. The van der Waals surface area contributed by atoms with E-state index < -0.39 is 10.6 Å². The lowest BCUT2D eigenvalue weighted by molar-refractivity contribution is -0.386. The Morgan fingerprint density at radius 3 is 2.73 bits per heavy atom. The summed E-state index contributed by atoms with van der Waals surface area (Å²) in [5.74, 6) is 0.791. The van der Waals surface area contributed by atoms with Crippen molar-refractivity contribution >= 4 is 17.5 Å². The summed E-state index contributed by atoms with van der Waals surface area (Å²) in [6.07, 6.45) is 5.30. The number of hydrogen-bond acceptors (Lipinski definition) is 5. The van der Waals surface area contributed by atoms with Gasteiger partial charge in [-0.3, -0.25) is 10.1 Å². The highest BCUT2D eigenvalue weighted by molar-refractivity contribution is 5.76. The van der Waals surface area contributed by atoms with E-state index in [9.17, 15) is 10.1 Å². The van der Waals surface area contributed by atoms with Gasteiger partial charge < -0.3 is 14.4 Å². The number of para-hydroxylation sites is 1. The molecule has 0 saturated heterocycles. The Morgan fingerprint density at radius 1 is 1.27 bits per heavy atom. The molecule has 0 amide bonds. The summed E-state index contributed by atoms with van der Waals surface area (Å²) < 4.78 is 12.0. The van der Waals surface area contributed by atoms with Gasteiger partial charge in [0, 0.05) is 23.7 Å². The molecule has 0 bridgehead atoms. The van der Waals surface area contributed by atoms with Crippen molar-refractivity contribution in [2.45, 2.75) is 51.7 Å². The third kappa shape index (κ3) is 2.93. The van der Waals surface area contributed by atoms with E-state index in [1.54, 1.807) is 6.07 Å². The van der Waals surface area contributed by atoms with E-state index in [0.29, 0.717) is 17.1 Å². The number of hydrogen-bond donors (Lipinski definition) is 0. The van der Waals surface area contributed by atoms with E-state index in [-0.39, 0.29) is 11.6 Å². The van der Waals surface area contributed by atoms with Gasteiger partial charge in [-0.25, -0.2) is 0 Å². The Bertz CT molecular complexity index is 1020. The maximum atomic E-state index is 11.9. The number of methoxy groups -OCH3 is 1. The molecule has 2 aromatic rings. The van der Waals surface area contributed by atoms with Crippen LogP contribution >= 0.6 is 0 Å². The molecule has 0 saturated carbocycles. The predicted molar refractivity (Wildman–Crippen MR) is 118 cm³/mol. The summed E-state index contributed by atoms with van der Waals surface area (Å²) in [6, 6.07) is 11.6. The van der Waals surface area contributed by atoms with Crippen LogP contribution in [-0.4, -0.2) is 24.3 Å². The Hall–Kier alpha value is -3.02. The maximum Gasteiger partial charge on any atom is 0.315 e. The van der Waals surface area contributed by atoms with Gasteiger partial charge in [-0.15, -0.1) is 0 Å².